The molecule has 1 N–H and O–H groups in total. The second-order valence-electron chi connectivity index (χ2n) is 1.93. The molecule has 0 saturated carbocycles. The summed E-state index contributed by atoms with van der Waals surface area (Å²) in [5.74, 6) is 0. The van der Waals surface area contributed by atoms with Gasteiger partial charge in [0.25, 0.3) is 10.1 Å². The molecule has 0 aromatic heterocycles. The van der Waals surface area contributed by atoms with Crippen molar-refractivity contribution < 1.29 is 13.0 Å². The van der Waals surface area contributed by atoms with Crippen molar-refractivity contribution in [2.45, 2.75) is 25.0 Å². The van der Waals surface area contributed by atoms with E-state index in [1.54, 1.807) is 0 Å². The van der Waals surface area contributed by atoms with Gasteiger partial charge in [0.1, 0.15) is 0 Å². The molecule has 1 radical (unpaired) electrons. The van der Waals surface area contributed by atoms with Crippen molar-refractivity contribution in [3.63, 3.8) is 0 Å². The summed E-state index contributed by atoms with van der Waals surface area (Å²) in [6.07, 6.45) is 1.13. The zero-order valence-electron chi connectivity index (χ0n) is 5.37. The molecule has 0 bridgehead atoms. The van der Waals surface area contributed by atoms with Gasteiger partial charge in [0.05, 0.1) is 5.25 Å². The van der Waals surface area contributed by atoms with E-state index in [-0.39, 0.29) is 0 Å². The van der Waals surface area contributed by atoms with E-state index in [0.717, 1.165) is 0 Å². The van der Waals surface area contributed by atoms with Crippen LogP contribution in [0.2, 0.25) is 0 Å². The smallest absolute Gasteiger partial charge is 0.267 e. The summed E-state index contributed by atoms with van der Waals surface area (Å²) < 4.78 is 28.8. The van der Waals surface area contributed by atoms with Crippen molar-refractivity contribution in [1.29, 1.82) is 0 Å². The molecule has 55 valence electrons. The van der Waals surface area contributed by atoms with E-state index < -0.39 is 15.4 Å². The van der Waals surface area contributed by atoms with Crippen LogP contribution in [0.25, 0.3) is 0 Å². The third kappa shape index (κ3) is 3.48. The Hall–Kier alpha value is -0.0900. The number of rotatable bonds is 3. The van der Waals surface area contributed by atoms with E-state index in [0.29, 0.717) is 12.8 Å². The third-order valence-electron chi connectivity index (χ3n) is 1.03. The van der Waals surface area contributed by atoms with Crippen molar-refractivity contribution in [3.8, 4) is 0 Å². The first kappa shape index (κ1) is 8.91. The van der Waals surface area contributed by atoms with Crippen LogP contribution >= 0.6 is 0 Å². The van der Waals surface area contributed by atoms with Gasteiger partial charge in [0, 0.05) is 0 Å². The topological polar surface area (TPSA) is 54.4 Å². The van der Waals surface area contributed by atoms with Crippen LogP contribution in [-0.4, -0.2) is 18.2 Å². The van der Waals surface area contributed by atoms with Gasteiger partial charge in [-0.3, -0.25) is 4.55 Å². The summed E-state index contributed by atoms with van der Waals surface area (Å²) in [5.41, 5.74) is 0. The molecule has 0 aromatic carbocycles. The van der Waals surface area contributed by atoms with Gasteiger partial charge in [-0.2, -0.15) is 8.42 Å². The minimum atomic E-state index is -3.88. The molecule has 0 heterocycles. The normalized spacial score (nSPS) is 15.4. The average molecular weight is 151 g/mol. The summed E-state index contributed by atoms with van der Waals surface area (Å²) in [4.78, 5) is 0. The second-order valence-corrected chi connectivity index (χ2v) is 3.62. The van der Waals surface area contributed by atoms with Crippen LogP contribution in [0.4, 0.5) is 0 Å². The summed E-state index contributed by atoms with van der Waals surface area (Å²) in [7, 11) is -3.88. The first-order valence-corrected chi connectivity index (χ1v) is 4.28. The van der Waals surface area contributed by atoms with Gasteiger partial charge in [0.2, 0.25) is 0 Å². The molecule has 1 unspecified atom stereocenters. The first-order chi connectivity index (χ1) is 3.98. The molecule has 0 aliphatic heterocycles. The van der Waals surface area contributed by atoms with Gasteiger partial charge in [-0.05, 0) is 13.3 Å². The molecule has 0 amide bonds. The molecule has 0 saturated heterocycles. The highest BCUT2D eigenvalue weighted by Crippen LogP contribution is 2.03. The molecule has 0 aliphatic carbocycles. The van der Waals surface area contributed by atoms with Gasteiger partial charge < -0.3 is 0 Å². The van der Waals surface area contributed by atoms with Gasteiger partial charge in [-0.15, -0.1) is 0 Å². The van der Waals surface area contributed by atoms with E-state index in [1.807, 2.05) is 6.92 Å². The SMILES string of the molecule is [CH2]C(CCC)S(=O)(=O)O. The Morgan fingerprint density at radius 2 is 2.11 bits per heavy atom. The lowest BCUT2D eigenvalue weighted by Crippen LogP contribution is -2.15. The fourth-order valence-electron chi connectivity index (χ4n) is 0.471. The van der Waals surface area contributed by atoms with Gasteiger partial charge in [0.15, 0.2) is 0 Å². The van der Waals surface area contributed by atoms with Crippen LogP contribution in [0, 0.1) is 6.92 Å². The summed E-state index contributed by atoms with van der Waals surface area (Å²) in [6.45, 7) is 5.10. The maximum Gasteiger partial charge on any atom is 0.267 e. The predicted molar refractivity (Wildman–Crippen MR) is 35.6 cm³/mol. The Morgan fingerprint density at radius 1 is 1.67 bits per heavy atom. The van der Waals surface area contributed by atoms with Crippen LogP contribution in [0.1, 0.15) is 19.8 Å². The summed E-state index contributed by atoms with van der Waals surface area (Å²) in [6, 6.07) is 0. The summed E-state index contributed by atoms with van der Waals surface area (Å²) >= 11 is 0. The Bertz CT molecular complexity index is 159. The third-order valence-corrected chi connectivity index (χ3v) is 2.11. The first-order valence-electron chi connectivity index (χ1n) is 2.78. The van der Waals surface area contributed by atoms with E-state index in [1.165, 1.54) is 0 Å². The van der Waals surface area contributed by atoms with Crippen molar-refractivity contribution in [2.24, 2.45) is 0 Å². The number of hydrogen-bond acceptors (Lipinski definition) is 2. The zero-order chi connectivity index (χ0) is 7.49. The molecular weight excluding hydrogens is 140 g/mol. The quantitative estimate of drug-likeness (QED) is 0.609. The van der Waals surface area contributed by atoms with Crippen LogP contribution in [-0.2, 0) is 10.1 Å². The van der Waals surface area contributed by atoms with Gasteiger partial charge in [-0.1, -0.05) is 13.3 Å². The standard InChI is InChI=1S/C5H11O3S/c1-3-4-5(2)9(6,7)8/h5H,2-4H2,1H3,(H,6,7,8). The monoisotopic (exact) mass is 151 g/mol. The molecule has 0 rings (SSSR count). The largest absolute Gasteiger partial charge is 0.285 e. The Labute approximate surface area is 55.8 Å². The highest BCUT2D eigenvalue weighted by molar-refractivity contribution is 7.86. The van der Waals surface area contributed by atoms with Gasteiger partial charge in [-0.25, -0.2) is 0 Å². The van der Waals surface area contributed by atoms with Crippen LogP contribution in [0.5, 0.6) is 0 Å². The van der Waals surface area contributed by atoms with E-state index in [4.69, 9.17) is 4.55 Å². The Kier molecular flexibility index (Phi) is 3.14. The predicted octanol–water partition coefficient (Wildman–Crippen LogP) is 0.877. The number of hydrogen-bond donors (Lipinski definition) is 1. The molecule has 0 aromatic rings. The molecular formula is C5H11O3S. The highest BCUT2D eigenvalue weighted by Gasteiger charge is 2.14. The lowest BCUT2D eigenvalue weighted by molar-refractivity contribution is 0.470. The molecule has 0 spiro atoms. The maximum absolute atomic E-state index is 10.2. The molecule has 1 atom stereocenters. The highest BCUT2D eigenvalue weighted by atomic mass is 32.2. The minimum Gasteiger partial charge on any atom is -0.285 e. The van der Waals surface area contributed by atoms with Crippen molar-refractivity contribution in [3.05, 3.63) is 6.92 Å². The fraction of sp³-hybridized carbons (Fsp3) is 0.800. The second kappa shape index (κ2) is 3.17. The van der Waals surface area contributed by atoms with Crippen LogP contribution < -0.4 is 0 Å². The molecule has 4 heteroatoms. The van der Waals surface area contributed by atoms with Crippen molar-refractivity contribution in [2.75, 3.05) is 0 Å². The van der Waals surface area contributed by atoms with Crippen LogP contribution in [0.15, 0.2) is 0 Å². The van der Waals surface area contributed by atoms with E-state index >= 15 is 0 Å². The minimum absolute atomic E-state index is 0.416. The van der Waals surface area contributed by atoms with E-state index in [9.17, 15) is 8.42 Å². The van der Waals surface area contributed by atoms with Crippen LogP contribution in [0.3, 0.4) is 0 Å². The summed E-state index contributed by atoms with van der Waals surface area (Å²) in [5, 5.41) is -0.859. The fourth-order valence-corrected chi connectivity index (χ4v) is 1.00. The molecule has 9 heavy (non-hydrogen) atoms. The Balaban J connectivity index is 3.90. The average Bonchev–Trinajstić information content (AvgIpc) is 1.64. The lowest BCUT2D eigenvalue weighted by atomic mass is 10.3. The van der Waals surface area contributed by atoms with E-state index in [2.05, 4.69) is 6.92 Å². The lowest BCUT2D eigenvalue weighted by Gasteiger charge is -2.03. The van der Waals surface area contributed by atoms with Gasteiger partial charge >= 0.3 is 0 Å². The molecule has 3 nitrogen and oxygen atoms in total. The van der Waals surface area contributed by atoms with Crippen molar-refractivity contribution >= 4 is 10.1 Å². The Morgan fingerprint density at radius 3 is 2.22 bits per heavy atom. The molecule has 0 aliphatic rings. The maximum atomic E-state index is 10.2. The zero-order valence-corrected chi connectivity index (χ0v) is 6.19. The van der Waals surface area contributed by atoms with Crippen molar-refractivity contribution in [1.82, 2.24) is 0 Å². The molecule has 0 fully saturated rings.